The summed E-state index contributed by atoms with van der Waals surface area (Å²) in [5.41, 5.74) is 0.601. The fourth-order valence-corrected chi connectivity index (χ4v) is 3.19. The molecule has 6 nitrogen and oxygen atoms in total. The first-order valence-electron chi connectivity index (χ1n) is 8.64. The largest absolute Gasteiger partial charge is 0.372 e. The monoisotopic (exact) mass is 434 g/mol. The smallest absolute Gasteiger partial charge is 0.352 e. The number of hydrogen-bond acceptors (Lipinski definition) is 4. The molecule has 2 aromatic heterocycles. The molecule has 3 rings (SSSR count). The van der Waals surface area contributed by atoms with Crippen LogP contribution < -0.4 is 5.69 Å². The fraction of sp³-hybridized carbons (Fsp3) is 0.316. The molecule has 1 aromatic carbocycles. The molecule has 0 fully saturated rings. The molecule has 142 valence electrons. The van der Waals surface area contributed by atoms with Crippen LogP contribution in [0.5, 0.6) is 0 Å². The molecular weight excluding hydrogens is 415 g/mol. The highest BCUT2D eigenvalue weighted by molar-refractivity contribution is 9.10. The Balaban J connectivity index is 1.81. The van der Waals surface area contributed by atoms with Crippen LogP contribution in [-0.4, -0.2) is 25.4 Å². The van der Waals surface area contributed by atoms with Crippen LogP contribution in [0.3, 0.4) is 0 Å². The van der Waals surface area contributed by atoms with Gasteiger partial charge in [-0.05, 0) is 40.9 Å². The molecule has 0 aliphatic heterocycles. The maximum atomic E-state index is 14.2. The quantitative estimate of drug-likeness (QED) is 0.565. The van der Waals surface area contributed by atoms with Gasteiger partial charge < -0.3 is 4.74 Å². The van der Waals surface area contributed by atoms with Crippen LogP contribution in [0.25, 0.3) is 5.82 Å². The van der Waals surface area contributed by atoms with Crippen molar-refractivity contribution in [3.05, 3.63) is 75.3 Å². The Morgan fingerprint density at radius 3 is 2.70 bits per heavy atom. The van der Waals surface area contributed by atoms with Gasteiger partial charge in [0.1, 0.15) is 6.33 Å². The lowest BCUT2D eigenvalue weighted by Crippen LogP contribution is -2.34. The lowest BCUT2D eigenvalue weighted by molar-refractivity contribution is 0.0117. The van der Waals surface area contributed by atoms with E-state index in [0.717, 1.165) is 10.1 Å². The summed E-state index contributed by atoms with van der Waals surface area (Å²) in [6, 6.07) is 10.8. The molecule has 2 heterocycles. The summed E-state index contributed by atoms with van der Waals surface area (Å²) < 4.78 is 23.0. The summed E-state index contributed by atoms with van der Waals surface area (Å²) in [6.07, 6.45) is 3.11. The predicted molar refractivity (Wildman–Crippen MR) is 103 cm³/mol. The SMILES string of the molecule is CC[C@@H]([C@H](C)OCc1ccccc1)n1ncn(-c2ncc(Br)cc2F)c1=O. The van der Waals surface area contributed by atoms with E-state index in [1.54, 1.807) is 0 Å². The maximum Gasteiger partial charge on any atom is 0.352 e. The van der Waals surface area contributed by atoms with E-state index >= 15 is 0 Å². The molecule has 0 aliphatic carbocycles. The number of halogens is 2. The molecule has 0 spiro atoms. The second kappa shape index (κ2) is 8.58. The van der Waals surface area contributed by atoms with Gasteiger partial charge in [0.15, 0.2) is 11.6 Å². The van der Waals surface area contributed by atoms with E-state index in [1.807, 2.05) is 44.2 Å². The van der Waals surface area contributed by atoms with E-state index in [9.17, 15) is 9.18 Å². The van der Waals surface area contributed by atoms with Gasteiger partial charge in [-0.1, -0.05) is 37.3 Å². The molecule has 0 aliphatic rings. The van der Waals surface area contributed by atoms with Crippen molar-refractivity contribution in [3.8, 4) is 5.82 Å². The van der Waals surface area contributed by atoms with Gasteiger partial charge in [0.2, 0.25) is 0 Å². The molecule has 0 saturated heterocycles. The van der Waals surface area contributed by atoms with Gasteiger partial charge in [-0.2, -0.15) is 5.10 Å². The van der Waals surface area contributed by atoms with Gasteiger partial charge in [0, 0.05) is 10.7 Å². The summed E-state index contributed by atoms with van der Waals surface area (Å²) in [6.45, 7) is 4.30. The van der Waals surface area contributed by atoms with Crippen LogP contribution in [0.1, 0.15) is 31.9 Å². The Morgan fingerprint density at radius 1 is 1.30 bits per heavy atom. The summed E-state index contributed by atoms with van der Waals surface area (Å²) in [4.78, 5) is 16.8. The first-order chi connectivity index (χ1) is 13.0. The first-order valence-corrected chi connectivity index (χ1v) is 9.43. The Labute approximate surface area is 164 Å². The van der Waals surface area contributed by atoms with Crippen LogP contribution in [0.4, 0.5) is 4.39 Å². The number of aromatic nitrogens is 4. The van der Waals surface area contributed by atoms with Crippen LogP contribution >= 0.6 is 15.9 Å². The average molecular weight is 435 g/mol. The van der Waals surface area contributed by atoms with Crippen LogP contribution in [0.15, 0.2) is 58.2 Å². The Morgan fingerprint density at radius 2 is 2.04 bits per heavy atom. The number of ether oxygens (including phenoxy) is 1. The highest BCUT2D eigenvalue weighted by atomic mass is 79.9. The zero-order chi connectivity index (χ0) is 19.4. The topological polar surface area (TPSA) is 61.9 Å². The van der Waals surface area contributed by atoms with Crippen molar-refractivity contribution in [1.29, 1.82) is 0 Å². The van der Waals surface area contributed by atoms with Crippen molar-refractivity contribution in [2.24, 2.45) is 0 Å². The summed E-state index contributed by atoms with van der Waals surface area (Å²) in [5.74, 6) is -0.686. The number of benzene rings is 1. The molecule has 0 unspecified atom stereocenters. The van der Waals surface area contributed by atoms with E-state index in [4.69, 9.17) is 4.74 Å². The summed E-state index contributed by atoms with van der Waals surface area (Å²) >= 11 is 3.16. The third kappa shape index (κ3) is 4.33. The zero-order valence-corrected chi connectivity index (χ0v) is 16.6. The molecule has 3 aromatic rings. The molecule has 0 saturated carbocycles. The Bertz CT molecular complexity index is 958. The molecule has 2 atom stereocenters. The van der Waals surface area contributed by atoms with Crippen molar-refractivity contribution in [1.82, 2.24) is 19.3 Å². The van der Waals surface area contributed by atoms with Crippen LogP contribution in [0, 0.1) is 5.82 Å². The van der Waals surface area contributed by atoms with Crippen molar-refractivity contribution in [2.75, 3.05) is 0 Å². The van der Waals surface area contributed by atoms with Gasteiger partial charge in [-0.3, -0.25) is 0 Å². The standard InChI is InChI=1S/C19H20BrFN4O2/c1-3-17(13(2)27-11-14-7-5-4-6-8-14)25-19(26)24(12-23-25)18-16(21)9-15(20)10-22-18/h4-10,12-13,17H,3,11H2,1-2H3/t13-,17-/m0/s1. The molecule has 0 radical (unpaired) electrons. The number of nitrogens with zero attached hydrogens (tertiary/aromatic N) is 4. The third-order valence-corrected chi connectivity index (χ3v) is 4.77. The molecule has 0 bridgehead atoms. The van der Waals surface area contributed by atoms with Gasteiger partial charge in [0.25, 0.3) is 0 Å². The van der Waals surface area contributed by atoms with E-state index in [-0.39, 0.29) is 18.0 Å². The summed E-state index contributed by atoms with van der Waals surface area (Å²) in [5, 5.41) is 4.17. The number of rotatable bonds is 7. The van der Waals surface area contributed by atoms with Crippen LogP contribution in [0.2, 0.25) is 0 Å². The van der Waals surface area contributed by atoms with Crippen molar-refractivity contribution in [3.63, 3.8) is 0 Å². The lowest BCUT2D eigenvalue weighted by Gasteiger charge is -2.22. The normalized spacial score (nSPS) is 13.5. The lowest BCUT2D eigenvalue weighted by atomic mass is 10.1. The average Bonchev–Trinajstić information content (AvgIpc) is 3.03. The van der Waals surface area contributed by atoms with E-state index in [0.29, 0.717) is 17.5 Å². The first kappa shape index (κ1) is 19.4. The molecule has 0 amide bonds. The van der Waals surface area contributed by atoms with E-state index in [2.05, 4.69) is 26.0 Å². The Hall–Kier alpha value is -2.32. The van der Waals surface area contributed by atoms with Crippen LogP contribution in [-0.2, 0) is 11.3 Å². The molecular formula is C19H20BrFN4O2. The molecule has 8 heteroatoms. The summed E-state index contributed by atoms with van der Waals surface area (Å²) in [7, 11) is 0. The fourth-order valence-electron chi connectivity index (χ4n) is 2.89. The second-order valence-corrected chi connectivity index (χ2v) is 7.08. The highest BCUT2D eigenvalue weighted by Crippen LogP contribution is 2.19. The van der Waals surface area contributed by atoms with Crippen molar-refractivity contribution < 1.29 is 9.13 Å². The van der Waals surface area contributed by atoms with Gasteiger partial charge in [0.05, 0.1) is 18.8 Å². The minimum absolute atomic E-state index is 0.0813. The minimum atomic E-state index is -0.604. The van der Waals surface area contributed by atoms with Crippen molar-refractivity contribution >= 4 is 15.9 Å². The van der Waals surface area contributed by atoms with Gasteiger partial charge in [-0.15, -0.1) is 0 Å². The third-order valence-electron chi connectivity index (χ3n) is 4.34. The highest BCUT2D eigenvalue weighted by Gasteiger charge is 2.23. The second-order valence-electron chi connectivity index (χ2n) is 6.16. The maximum absolute atomic E-state index is 14.2. The van der Waals surface area contributed by atoms with E-state index < -0.39 is 11.5 Å². The van der Waals surface area contributed by atoms with E-state index in [1.165, 1.54) is 23.3 Å². The Kier molecular flexibility index (Phi) is 6.18. The van der Waals surface area contributed by atoms with Crippen molar-refractivity contribution in [2.45, 2.75) is 39.0 Å². The number of hydrogen-bond donors (Lipinski definition) is 0. The number of pyridine rings is 1. The minimum Gasteiger partial charge on any atom is -0.372 e. The molecule has 27 heavy (non-hydrogen) atoms. The van der Waals surface area contributed by atoms with Gasteiger partial charge >= 0.3 is 5.69 Å². The zero-order valence-electron chi connectivity index (χ0n) is 15.0. The predicted octanol–water partition coefficient (Wildman–Crippen LogP) is 3.89. The molecule has 0 N–H and O–H groups in total. The van der Waals surface area contributed by atoms with Gasteiger partial charge in [-0.25, -0.2) is 23.4 Å².